The molecule has 4 rings (SSSR count). The lowest BCUT2D eigenvalue weighted by atomic mass is 10.2. The number of aliphatic imine (C=N–C) groups is 1. The SMILES string of the molecule is CN=CC(=Cc1c(O)[nH]c(=O)n1N)c1nc(NC2CC2)nc(-c2cccc(OC(F)(F)F)c2)n1. The van der Waals surface area contributed by atoms with Crippen LogP contribution in [0.4, 0.5) is 19.1 Å². The molecular weight excluding hydrogens is 457 g/mol. The monoisotopic (exact) mass is 476 g/mol. The molecule has 0 bridgehead atoms. The first-order valence-corrected chi connectivity index (χ1v) is 9.95. The molecule has 1 aromatic carbocycles. The number of aromatic hydroxyl groups is 1. The van der Waals surface area contributed by atoms with Crippen molar-refractivity contribution in [2.45, 2.75) is 25.2 Å². The van der Waals surface area contributed by atoms with Gasteiger partial charge in [0.1, 0.15) is 11.4 Å². The van der Waals surface area contributed by atoms with Gasteiger partial charge in [0, 0.05) is 30.4 Å². The Balaban J connectivity index is 1.82. The Morgan fingerprint density at radius 1 is 1.35 bits per heavy atom. The summed E-state index contributed by atoms with van der Waals surface area (Å²) in [5.41, 5.74) is -0.303. The summed E-state index contributed by atoms with van der Waals surface area (Å²) in [6.45, 7) is 0. The van der Waals surface area contributed by atoms with Crippen LogP contribution < -0.4 is 21.6 Å². The van der Waals surface area contributed by atoms with E-state index in [0.29, 0.717) is 4.68 Å². The number of hydrogen-bond acceptors (Lipinski definition) is 9. The fourth-order valence-corrected chi connectivity index (χ4v) is 2.97. The topological polar surface area (TPSA) is 156 Å². The van der Waals surface area contributed by atoms with Gasteiger partial charge in [0.25, 0.3) is 0 Å². The number of nitrogens with zero attached hydrogens (tertiary/aromatic N) is 5. The highest BCUT2D eigenvalue weighted by molar-refractivity contribution is 6.14. The van der Waals surface area contributed by atoms with Crippen LogP contribution in [0.3, 0.4) is 0 Å². The van der Waals surface area contributed by atoms with Crippen LogP contribution in [0.25, 0.3) is 23.0 Å². The second-order valence-electron chi connectivity index (χ2n) is 7.32. The molecular formula is C20H19F3N8O3. The van der Waals surface area contributed by atoms with Crippen molar-refractivity contribution in [3.05, 3.63) is 46.3 Å². The van der Waals surface area contributed by atoms with Gasteiger partial charge < -0.3 is 21.0 Å². The van der Waals surface area contributed by atoms with Gasteiger partial charge >= 0.3 is 12.1 Å². The van der Waals surface area contributed by atoms with Crippen molar-refractivity contribution >= 4 is 23.8 Å². The molecule has 1 aliphatic carbocycles. The van der Waals surface area contributed by atoms with E-state index in [1.807, 2.05) is 0 Å². The van der Waals surface area contributed by atoms with Crippen molar-refractivity contribution in [1.29, 1.82) is 0 Å². The molecule has 1 aliphatic rings. The number of nitrogens with two attached hydrogens (primary N) is 1. The molecule has 14 heteroatoms. The number of nitrogen functional groups attached to an aromatic ring is 1. The highest BCUT2D eigenvalue weighted by atomic mass is 19.4. The number of benzene rings is 1. The average molecular weight is 476 g/mol. The van der Waals surface area contributed by atoms with Crippen molar-refractivity contribution in [3.63, 3.8) is 0 Å². The average Bonchev–Trinajstić information content (AvgIpc) is 3.54. The number of ether oxygens (including phenoxy) is 1. The van der Waals surface area contributed by atoms with Gasteiger partial charge in [-0.2, -0.15) is 9.97 Å². The van der Waals surface area contributed by atoms with E-state index in [4.69, 9.17) is 5.84 Å². The molecule has 0 atom stereocenters. The normalized spacial score (nSPS) is 14.5. The third-order valence-electron chi connectivity index (χ3n) is 4.64. The number of anilines is 1. The first-order chi connectivity index (χ1) is 16.1. The molecule has 0 amide bonds. The molecule has 1 fully saturated rings. The fraction of sp³-hybridized carbons (Fsp3) is 0.250. The highest BCUT2D eigenvalue weighted by Gasteiger charge is 2.31. The maximum atomic E-state index is 12.7. The van der Waals surface area contributed by atoms with E-state index in [1.54, 1.807) is 0 Å². The van der Waals surface area contributed by atoms with Crippen LogP contribution in [0.2, 0.25) is 0 Å². The number of aromatic amines is 1. The minimum Gasteiger partial charge on any atom is -0.493 e. The van der Waals surface area contributed by atoms with Gasteiger partial charge in [-0.05, 0) is 31.1 Å². The van der Waals surface area contributed by atoms with Crippen molar-refractivity contribution < 1.29 is 23.0 Å². The molecule has 2 heterocycles. The number of aromatic nitrogens is 5. The summed E-state index contributed by atoms with van der Waals surface area (Å²) < 4.78 is 42.7. The molecule has 0 saturated heterocycles. The lowest BCUT2D eigenvalue weighted by molar-refractivity contribution is -0.274. The lowest BCUT2D eigenvalue weighted by Crippen LogP contribution is -2.25. The van der Waals surface area contributed by atoms with Crippen LogP contribution in [-0.2, 0) is 0 Å². The fourth-order valence-electron chi connectivity index (χ4n) is 2.97. The predicted molar refractivity (Wildman–Crippen MR) is 118 cm³/mol. The maximum absolute atomic E-state index is 12.7. The summed E-state index contributed by atoms with van der Waals surface area (Å²) in [6.07, 6.45) is -0.308. The van der Waals surface area contributed by atoms with Gasteiger partial charge in [0.05, 0.1) is 0 Å². The molecule has 1 saturated carbocycles. The third-order valence-corrected chi connectivity index (χ3v) is 4.64. The first kappa shape index (κ1) is 22.8. The van der Waals surface area contributed by atoms with E-state index in [1.165, 1.54) is 31.5 Å². The third kappa shape index (κ3) is 5.33. The highest BCUT2D eigenvalue weighted by Crippen LogP contribution is 2.29. The van der Waals surface area contributed by atoms with Gasteiger partial charge in [-0.15, -0.1) is 13.2 Å². The van der Waals surface area contributed by atoms with Crippen LogP contribution in [-0.4, -0.2) is 55.4 Å². The zero-order valence-electron chi connectivity index (χ0n) is 17.7. The van der Waals surface area contributed by atoms with Crippen LogP contribution in [0.15, 0.2) is 34.1 Å². The molecule has 0 aliphatic heterocycles. The summed E-state index contributed by atoms with van der Waals surface area (Å²) in [4.78, 5) is 30.9. The number of rotatable bonds is 7. The minimum atomic E-state index is -4.86. The van der Waals surface area contributed by atoms with E-state index in [-0.39, 0.29) is 40.5 Å². The van der Waals surface area contributed by atoms with Crippen molar-refractivity contribution in [2.75, 3.05) is 18.2 Å². The molecule has 178 valence electrons. The Morgan fingerprint density at radius 2 is 2.12 bits per heavy atom. The zero-order chi connectivity index (χ0) is 24.5. The first-order valence-electron chi connectivity index (χ1n) is 9.95. The molecule has 5 N–H and O–H groups in total. The van der Waals surface area contributed by atoms with E-state index < -0.39 is 23.7 Å². The lowest BCUT2D eigenvalue weighted by Gasteiger charge is -2.11. The number of alkyl halides is 3. The van der Waals surface area contributed by atoms with E-state index in [0.717, 1.165) is 25.0 Å². The van der Waals surface area contributed by atoms with Gasteiger partial charge in [-0.3, -0.25) is 9.98 Å². The summed E-state index contributed by atoms with van der Waals surface area (Å²) >= 11 is 0. The molecule has 34 heavy (non-hydrogen) atoms. The van der Waals surface area contributed by atoms with Crippen LogP contribution in [0, 0.1) is 0 Å². The van der Waals surface area contributed by atoms with Gasteiger partial charge in [-0.1, -0.05) is 12.1 Å². The minimum absolute atomic E-state index is 0.0564. The van der Waals surface area contributed by atoms with E-state index >= 15 is 0 Å². The quantitative estimate of drug-likeness (QED) is 0.299. The van der Waals surface area contributed by atoms with Crippen LogP contribution in [0.5, 0.6) is 11.6 Å². The van der Waals surface area contributed by atoms with Gasteiger partial charge in [-0.25, -0.2) is 14.5 Å². The summed E-state index contributed by atoms with van der Waals surface area (Å²) in [5, 5.41) is 13.1. The summed E-state index contributed by atoms with van der Waals surface area (Å²) in [7, 11) is 1.49. The smallest absolute Gasteiger partial charge is 0.493 e. The number of hydrogen-bond donors (Lipinski definition) is 4. The number of halogens is 3. The zero-order valence-corrected chi connectivity index (χ0v) is 17.7. The van der Waals surface area contributed by atoms with Gasteiger partial charge in [0.2, 0.25) is 11.8 Å². The molecule has 0 spiro atoms. The van der Waals surface area contributed by atoms with Crippen molar-refractivity contribution in [1.82, 2.24) is 24.6 Å². The summed E-state index contributed by atoms with van der Waals surface area (Å²) in [5.74, 6) is 5.11. The Bertz CT molecular complexity index is 1330. The number of allylic oxidation sites excluding steroid dienone is 1. The van der Waals surface area contributed by atoms with Crippen LogP contribution >= 0.6 is 0 Å². The summed E-state index contributed by atoms with van der Waals surface area (Å²) in [6, 6.07) is 5.38. The Kier molecular flexibility index (Phi) is 5.96. The molecule has 3 aromatic rings. The number of nitrogens with one attached hydrogen (secondary N) is 2. The van der Waals surface area contributed by atoms with Crippen LogP contribution in [0.1, 0.15) is 24.4 Å². The largest absolute Gasteiger partial charge is 0.573 e. The van der Waals surface area contributed by atoms with Gasteiger partial charge in [0.15, 0.2) is 11.6 Å². The standard InChI is InChI=1S/C20H19F3N8O3/c1-25-9-11(8-14-17(32)30-19(33)31(14)24)16-27-15(28-18(29-16)26-12-5-6-12)10-3-2-4-13(7-10)34-20(21,22)23/h2-4,7-9,12,32H,5-6,24H2,1H3,(H,30,33)(H,26,27,28,29). The van der Waals surface area contributed by atoms with E-state index in [9.17, 15) is 23.1 Å². The predicted octanol–water partition coefficient (Wildman–Crippen LogP) is 2.16. The second-order valence-corrected chi connectivity index (χ2v) is 7.32. The maximum Gasteiger partial charge on any atom is 0.573 e. The van der Waals surface area contributed by atoms with Crippen molar-refractivity contribution in [2.24, 2.45) is 4.99 Å². The van der Waals surface area contributed by atoms with E-state index in [2.05, 4.69) is 35.0 Å². The Labute approximate surface area is 189 Å². The second kappa shape index (κ2) is 8.88. The number of imidazole rings is 1. The molecule has 0 radical (unpaired) electrons. The Morgan fingerprint density at radius 3 is 2.74 bits per heavy atom. The molecule has 2 aromatic heterocycles. The molecule has 0 unspecified atom stereocenters. The Hall–Kier alpha value is -4.36. The number of H-pyrrole nitrogens is 1. The molecule has 11 nitrogen and oxygen atoms in total. The van der Waals surface area contributed by atoms with Crippen molar-refractivity contribution in [3.8, 4) is 23.0 Å².